The van der Waals surface area contributed by atoms with Crippen molar-refractivity contribution in [1.82, 2.24) is 25.1 Å². The Morgan fingerprint density at radius 2 is 1.94 bits per heavy atom. The summed E-state index contributed by atoms with van der Waals surface area (Å²) in [5.41, 5.74) is 3.81. The van der Waals surface area contributed by atoms with Crippen LogP contribution in [0.3, 0.4) is 0 Å². The van der Waals surface area contributed by atoms with E-state index < -0.39 is 0 Å². The van der Waals surface area contributed by atoms with Crippen molar-refractivity contribution in [2.45, 2.75) is 24.9 Å². The molecule has 2 aromatic carbocycles. The lowest BCUT2D eigenvalue weighted by Crippen LogP contribution is -2.17. The fourth-order valence-electron chi connectivity index (χ4n) is 3.19. The number of aromatic nitrogens is 5. The van der Waals surface area contributed by atoms with E-state index in [2.05, 4.69) is 39.6 Å². The lowest BCUT2D eigenvalue weighted by molar-refractivity contribution is -0.113. The highest BCUT2D eigenvalue weighted by atomic mass is 32.2. The van der Waals surface area contributed by atoms with Crippen LogP contribution in [0.1, 0.15) is 25.3 Å². The first-order chi connectivity index (χ1) is 15.4. The van der Waals surface area contributed by atoms with Crippen molar-refractivity contribution in [2.75, 3.05) is 16.9 Å². The molecule has 4 aromatic rings. The van der Waals surface area contributed by atoms with E-state index in [0.29, 0.717) is 28.3 Å². The minimum atomic E-state index is -0.315. The number of rotatable bonds is 7. The molecule has 10 heteroatoms. The summed E-state index contributed by atoms with van der Waals surface area (Å²) in [5, 5.41) is 18.6. The molecule has 2 heterocycles. The Labute approximate surface area is 188 Å². The zero-order chi connectivity index (χ0) is 22.7. The molecule has 0 radical (unpaired) electrons. The van der Waals surface area contributed by atoms with Gasteiger partial charge in [-0.3, -0.25) is 9.89 Å². The van der Waals surface area contributed by atoms with Gasteiger partial charge in [0.1, 0.15) is 11.5 Å². The highest BCUT2D eigenvalue weighted by Crippen LogP contribution is 2.26. The molecule has 0 bridgehead atoms. The van der Waals surface area contributed by atoms with Gasteiger partial charge in [-0.05, 0) is 47.9 Å². The number of aromatic amines is 1. The number of amides is 1. The number of nitrogen functional groups attached to an aromatic ring is 1. The van der Waals surface area contributed by atoms with Crippen molar-refractivity contribution < 1.29 is 9.18 Å². The van der Waals surface area contributed by atoms with E-state index in [4.69, 9.17) is 5.84 Å². The average molecular weight is 452 g/mol. The van der Waals surface area contributed by atoms with Crippen molar-refractivity contribution in [1.29, 1.82) is 0 Å². The molecule has 0 aliphatic heterocycles. The van der Waals surface area contributed by atoms with Crippen LogP contribution in [0.25, 0.3) is 22.8 Å². The van der Waals surface area contributed by atoms with Crippen LogP contribution >= 0.6 is 11.8 Å². The lowest BCUT2D eigenvalue weighted by Gasteiger charge is -2.13. The van der Waals surface area contributed by atoms with Gasteiger partial charge in [0, 0.05) is 11.3 Å². The summed E-state index contributed by atoms with van der Waals surface area (Å²) in [7, 11) is 0. The number of anilines is 1. The van der Waals surface area contributed by atoms with Gasteiger partial charge in [-0.25, -0.2) is 9.07 Å². The molecule has 0 spiro atoms. The summed E-state index contributed by atoms with van der Waals surface area (Å²) < 4.78 is 14.4. The van der Waals surface area contributed by atoms with Crippen molar-refractivity contribution in [3.8, 4) is 22.8 Å². The number of nitrogens with zero attached hydrogens (tertiary/aromatic N) is 4. The second-order valence-corrected chi connectivity index (χ2v) is 8.37. The number of carbonyl (C=O) groups is 1. The minimum Gasteiger partial charge on any atom is -0.335 e. The smallest absolute Gasteiger partial charge is 0.234 e. The molecular formula is C22H22FN7OS. The molecule has 0 aliphatic rings. The summed E-state index contributed by atoms with van der Waals surface area (Å²) >= 11 is 1.19. The number of para-hydroxylation sites is 1. The van der Waals surface area contributed by atoms with E-state index in [1.807, 2.05) is 24.3 Å². The number of nitrogens with one attached hydrogen (secondary N) is 2. The maximum Gasteiger partial charge on any atom is 0.234 e. The SMILES string of the molecule is CC(C)c1ccccc1NC(=O)CSc1nnc(-c2cc(-c3ccc(F)cc3)n[nH]2)n1N. The first-order valence-corrected chi connectivity index (χ1v) is 10.9. The van der Waals surface area contributed by atoms with E-state index in [0.717, 1.165) is 16.8 Å². The van der Waals surface area contributed by atoms with Crippen LogP contribution in [-0.4, -0.2) is 36.7 Å². The lowest BCUT2D eigenvalue weighted by atomic mass is 10.0. The van der Waals surface area contributed by atoms with E-state index in [-0.39, 0.29) is 17.5 Å². The number of benzene rings is 2. The fourth-order valence-corrected chi connectivity index (χ4v) is 3.85. The third-order valence-electron chi connectivity index (χ3n) is 4.81. The third-order valence-corrected chi connectivity index (χ3v) is 5.76. The number of H-pyrrole nitrogens is 1. The first-order valence-electron chi connectivity index (χ1n) is 9.96. The van der Waals surface area contributed by atoms with Gasteiger partial charge in [0.25, 0.3) is 0 Å². The van der Waals surface area contributed by atoms with Gasteiger partial charge in [0.2, 0.25) is 16.9 Å². The Kier molecular flexibility index (Phi) is 6.22. The van der Waals surface area contributed by atoms with Crippen LogP contribution in [-0.2, 0) is 4.79 Å². The number of thioether (sulfide) groups is 1. The van der Waals surface area contributed by atoms with Crippen molar-refractivity contribution in [3.05, 3.63) is 66.0 Å². The van der Waals surface area contributed by atoms with Crippen LogP contribution in [0, 0.1) is 5.82 Å². The van der Waals surface area contributed by atoms with E-state index >= 15 is 0 Å². The minimum absolute atomic E-state index is 0.131. The Balaban J connectivity index is 1.43. The zero-order valence-electron chi connectivity index (χ0n) is 17.5. The molecule has 32 heavy (non-hydrogen) atoms. The molecule has 4 N–H and O–H groups in total. The quantitative estimate of drug-likeness (QED) is 0.289. The van der Waals surface area contributed by atoms with Crippen LogP contribution < -0.4 is 11.2 Å². The van der Waals surface area contributed by atoms with Crippen molar-refractivity contribution >= 4 is 23.4 Å². The molecule has 4 rings (SSSR count). The van der Waals surface area contributed by atoms with Gasteiger partial charge < -0.3 is 11.2 Å². The number of nitrogens with two attached hydrogens (primary N) is 1. The summed E-state index contributed by atoms with van der Waals surface area (Å²) in [6.45, 7) is 4.16. The van der Waals surface area contributed by atoms with Crippen molar-refractivity contribution in [3.63, 3.8) is 0 Å². The number of halogens is 1. The topological polar surface area (TPSA) is 115 Å². The third kappa shape index (κ3) is 4.65. The van der Waals surface area contributed by atoms with Gasteiger partial charge in [0.15, 0.2) is 0 Å². The summed E-state index contributed by atoms with van der Waals surface area (Å²) in [6, 6.07) is 15.5. The predicted molar refractivity (Wildman–Crippen MR) is 123 cm³/mol. The highest BCUT2D eigenvalue weighted by molar-refractivity contribution is 7.99. The Morgan fingerprint density at radius 1 is 1.19 bits per heavy atom. The molecule has 0 unspecified atom stereocenters. The molecule has 0 atom stereocenters. The molecule has 0 saturated heterocycles. The molecule has 0 aliphatic carbocycles. The molecule has 2 aromatic heterocycles. The molecule has 164 valence electrons. The van der Waals surface area contributed by atoms with Crippen molar-refractivity contribution in [2.24, 2.45) is 0 Å². The summed E-state index contributed by atoms with van der Waals surface area (Å²) in [4.78, 5) is 12.5. The first kappa shape index (κ1) is 21.6. The second kappa shape index (κ2) is 9.23. The van der Waals surface area contributed by atoms with Gasteiger partial charge in [-0.1, -0.05) is 43.8 Å². The highest BCUT2D eigenvalue weighted by Gasteiger charge is 2.17. The second-order valence-electron chi connectivity index (χ2n) is 7.43. The standard InChI is InChI=1S/C22H22FN7OS/c1-13(2)16-5-3-4-6-17(16)25-20(31)12-32-22-29-28-21(30(22)24)19-11-18(26-27-19)14-7-9-15(23)10-8-14/h3-11,13H,12,24H2,1-2H3,(H,25,31)(H,26,27). The van der Waals surface area contributed by atoms with E-state index in [1.54, 1.807) is 18.2 Å². The summed E-state index contributed by atoms with van der Waals surface area (Å²) in [6.07, 6.45) is 0. The Hall–Kier alpha value is -3.66. The van der Waals surface area contributed by atoms with Gasteiger partial charge in [-0.15, -0.1) is 10.2 Å². The van der Waals surface area contributed by atoms with Gasteiger partial charge >= 0.3 is 0 Å². The molecule has 8 nitrogen and oxygen atoms in total. The Morgan fingerprint density at radius 3 is 2.69 bits per heavy atom. The predicted octanol–water partition coefficient (Wildman–Crippen LogP) is 4.04. The van der Waals surface area contributed by atoms with Crippen LogP contribution in [0.5, 0.6) is 0 Å². The van der Waals surface area contributed by atoms with Crippen LogP contribution in [0.15, 0.2) is 59.8 Å². The maximum atomic E-state index is 13.1. The largest absolute Gasteiger partial charge is 0.335 e. The van der Waals surface area contributed by atoms with E-state index in [1.165, 1.54) is 28.6 Å². The zero-order valence-corrected chi connectivity index (χ0v) is 18.4. The van der Waals surface area contributed by atoms with Crippen LogP contribution in [0.2, 0.25) is 0 Å². The van der Waals surface area contributed by atoms with Gasteiger partial charge in [-0.2, -0.15) is 5.10 Å². The summed E-state index contributed by atoms with van der Waals surface area (Å²) in [5.74, 6) is 6.47. The molecule has 1 amide bonds. The number of hydrogen-bond acceptors (Lipinski definition) is 6. The monoisotopic (exact) mass is 451 g/mol. The van der Waals surface area contributed by atoms with Gasteiger partial charge in [0.05, 0.1) is 11.4 Å². The number of hydrogen-bond donors (Lipinski definition) is 3. The average Bonchev–Trinajstić information content (AvgIpc) is 3.40. The molecule has 0 saturated carbocycles. The number of carbonyl (C=O) groups excluding carboxylic acids is 1. The Bertz CT molecular complexity index is 1230. The molecular weight excluding hydrogens is 429 g/mol. The molecule has 0 fully saturated rings. The van der Waals surface area contributed by atoms with E-state index in [9.17, 15) is 9.18 Å². The van der Waals surface area contributed by atoms with Crippen LogP contribution in [0.4, 0.5) is 10.1 Å². The maximum absolute atomic E-state index is 13.1. The normalized spacial score (nSPS) is 11.1. The fraction of sp³-hybridized carbons (Fsp3) is 0.182.